The summed E-state index contributed by atoms with van der Waals surface area (Å²) < 4.78 is 0. The summed E-state index contributed by atoms with van der Waals surface area (Å²) in [5.41, 5.74) is 4.11. The van der Waals surface area contributed by atoms with Gasteiger partial charge >= 0.3 is 0 Å². The molecule has 4 rings (SSSR count). The number of unbranched alkanes of at least 4 members (excludes halogenated alkanes) is 2. The third kappa shape index (κ3) is 2.68. The lowest BCUT2D eigenvalue weighted by Crippen LogP contribution is -2.49. The number of hydrogen-bond acceptors (Lipinski definition) is 1. The Morgan fingerprint density at radius 3 is 2.64 bits per heavy atom. The summed E-state index contributed by atoms with van der Waals surface area (Å²) in [6.45, 7) is 7.39. The highest BCUT2D eigenvalue weighted by atomic mass is 16.1. The quantitative estimate of drug-likeness (QED) is 0.416. The molecule has 1 nitrogen and oxygen atoms in total. The summed E-state index contributed by atoms with van der Waals surface area (Å²) in [7, 11) is 0. The summed E-state index contributed by atoms with van der Waals surface area (Å²) in [6, 6.07) is 0. The SMILES string of the molecule is CCCCC=C1CCC2C3CCC4=CC(=O)CC[C@]4(C)C3CC[C@]12C. The molecule has 0 heterocycles. The zero-order chi connectivity index (χ0) is 17.7. The third-order valence-corrected chi connectivity index (χ3v) is 8.76. The first kappa shape index (κ1) is 17.6. The van der Waals surface area contributed by atoms with Crippen LogP contribution in [0.25, 0.3) is 0 Å². The Labute approximate surface area is 154 Å². The van der Waals surface area contributed by atoms with Crippen LogP contribution in [0.3, 0.4) is 0 Å². The summed E-state index contributed by atoms with van der Waals surface area (Å²) in [5, 5.41) is 0. The molecule has 3 fully saturated rings. The van der Waals surface area contributed by atoms with E-state index in [4.69, 9.17) is 0 Å². The van der Waals surface area contributed by atoms with Crippen LogP contribution in [0.15, 0.2) is 23.3 Å². The fraction of sp³-hybridized carbons (Fsp3) is 0.792. The van der Waals surface area contributed by atoms with Crippen molar-refractivity contribution in [2.45, 2.75) is 91.4 Å². The predicted octanol–water partition coefficient (Wildman–Crippen LogP) is 6.63. The smallest absolute Gasteiger partial charge is 0.155 e. The molecule has 0 spiro atoms. The molecule has 0 bridgehead atoms. The lowest BCUT2D eigenvalue weighted by molar-refractivity contribution is -0.117. The second-order valence-electron chi connectivity index (χ2n) is 9.84. The summed E-state index contributed by atoms with van der Waals surface area (Å²) in [4.78, 5) is 11.9. The highest BCUT2D eigenvalue weighted by Gasteiger charge is 2.57. The zero-order valence-corrected chi connectivity index (χ0v) is 16.6. The van der Waals surface area contributed by atoms with Gasteiger partial charge in [0, 0.05) is 6.42 Å². The van der Waals surface area contributed by atoms with Crippen LogP contribution in [0.4, 0.5) is 0 Å². The van der Waals surface area contributed by atoms with Gasteiger partial charge in [0.05, 0.1) is 0 Å². The Balaban J connectivity index is 1.59. The van der Waals surface area contributed by atoms with Crippen molar-refractivity contribution in [2.24, 2.45) is 28.6 Å². The standard InChI is InChI=1S/C24H36O/c1-4-5-6-7-17-9-11-21-20-10-8-18-16-19(25)12-14-24(18,3)22(20)13-15-23(17,21)2/h7,16,20-22H,4-6,8-15H2,1-3H3/t20?,21?,22?,23-,24+/m1/s1. The van der Waals surface area contributed by atoms with E-state index in [9.17, 15) is 4.79 Å². The number of fused-ring (bicyclic) bond motifs is 5. The fourth-order valence-electron chi connectivity index (χ4n) is 7.22. The molecule has 4 aliphatic rings. The molecule has 3 unspecified atom stereocenters. The molecule has 0 aromatic rings. The first-order valence-corrected chi connectivity index (χ1v) is 10.9. The molecule has 0 aliphatic heterocycles. The fourth-order valence-corrected chi connectivity index (χ4v) is 7.22. The molecule has 1 heteroatoms. The number of carbonyl (C=O) groups excluding carboxylic acids is 1. The molecule has 3 saturated carbocycles. The van der Waals surface area contributed by atoms with E-state index < -0.39 is 0 Å². The second-order valence-corrected chi connectivity index (χ2v) is 9.84. The van der Waals surface area contributed by atoms with E-state index in [-0.39, 0.29) is 0 Å². The molecular weight excluding hydrogens is 304 g/mol. The Hall–Kier alpha value is -0.850. The van der Waals surface area contributed by atoms with E-state index >= 15 is 0 Å². The molecule has 0 radical (unpaired) electrons. The minimum absolute atomic E-state index is 0.326. The van der Waals surface area contributed by atoms with Crippen molar-refractivity contribution in [3.05, 3.63) is 23.3 Å². The van der Waals surface area contributed by atoms with Gasteiger partial charge in [-0.25, -0.2) is 0 Å². The first-order chi connectivity index (χ1) is 12.0. The minimum atomic E-state index is 0.326. The van der Waals surface area contributed by atoms with Crippen LogP contribution in [-0.2, 0) is 4.79 Å². The van der Waals surface area contributed by atoms with Crippen molar-refractivity contribution in [3.63, 3.8) is 0 Å². The lowest BCUT2D eigenvalue weighted by atomic mass is 9.47. The molecule has 0 amide bonds. The van der Waals surface area contributed by atoms with Crippen molar-refractivity contribution < 1.29 is 4.79 Å². The van der Waals surface area contributed by atoms with Gasteiger partial charge in [0.1, 0.15) is 0 Å². The van der Waals surface area contributed by atoms with Crippen molar-refractivity contribution >= 4 is 5.78 Å². The van der Waals surface area contributed by atoms with Crippen molar-refractivity contribution in [3.8, 4) is 0 Å². The topological polar surface area (TPSA) is 17.1 Å². The van der Waals surface area contributed by atoms with Crippen LogP contribution < -0.4 is 0 Å². The molecule has 5 atom stereocenters. The summed E-state index contributed by atoms with van der Waals surface area (Å²) >= 11 is 0. The number of allylic oxidation sites excluding steroid dienone is 3. The maximum absolute atomic E-state index is 11.9. The van der Waals surface area contributed by atoms with Gasteiger partial charge in [0.25, 0.3) is 0 Å². The van der Waals surface area contributed by atoms with Gasteiger partial charge in [0.15, 0.2) is 5.78 Å². The zero-order valence-electron chi connectivity index (χ0n) is 16.6. The molecular formula is C24H36O. The molecule has 0 saturated heterocycles. The largest absolute Gasteiger partial charge is 0.295 e. The van der Waals surface area contributed by atoms with E-state index in [1.807, 2.05) is 6.08 Å². The van der Waals surface area contributed by atoms with Gasteiger partial charge in [-0.15, -0.1) is 0 Å². The third-order valence-electron chi connectivity index (χ3n) is 8.76. The maximum atomic E-state index is 11.9. The molecule has 0 N–H and O–H groups in total. The Kier molecular flexibility index (Phi) is 4.49. The normalized spacial score (nSPS) is 44.9. The van der Waals surface area contributed by atoms with Gasteiger partial charge in [-0.1, -0.05) is 50.8 Å². The summed E-state index contributed by atoms with van der Waals surface area (Å²) in [5.74, 6) is 3.00. The van der Waals surface area contributed by atoms with E-state index in [2.05, 4.69) is 26.8 Å². The van der Waals surface area contributed by atoms with Gasteiger partial charge in [-0.3, -0.25) is 4.79 Å². The van der Waals surface area contributed by atoms with Crippen molar-refractivity contribution in [1.29, 1.82) is 0 Å². The predicted molar refractivity (Wildman–Crippen MR) is 104 cm³/mol. The minimum Gasteiger partial charge on any atom is -0.295 e. The van der Waals surface area contributed by atoms with Crippen LogP contribution in [0.1, 0.15) is 91.4 Å². The van der Waals surface area contributed by atoms with Crippen molar-refractivity contribution in [2.75, 3.05) is 0 Å². The number of hydrogen-bond donors (Lipinski definition) is 0. The van der Waals surface area contributed by atoms with Crippen molar-refractivity contribution in [1.82, 2.24) is 0 Å². The molecule has 138 valence electrons. The van der Waals surface area contributed by atoms with Crippen LogP contribution in [0, 0.1) is 28.6 Å². The number of rotatable bonds is 3. The number of carbonyl (C=O) groups is 1. The van der Waals surface area contributed by atoms with Gasteiger partial charge in [-0.05, 0) is 86.0 Å². The highest BCUT2D eigenvalue weighted by molar-refractivity contribution is 5.91. The van der Waals surface area contributed by atoms with E-state index in [0.717, 1.165) is 30.6 Å². The molecule has 4 aliphatic carbocycles. The Morgan fingerprint density at radius 2 is 1.84 bits per heavy atom. The van der Waals surface area contributed by atoms with Crippen LogP contribution in [0.2, 0.25) is 0 Å². The lowest BCUT2D eigenvalue weighted by Gasteiger charge is -2.57. The average molecular weight is 341 g/mol. The molecule has 25 heavy (non-hydrogen) atoms. The molecule has 0 aromatic heterocycles. The maximum Gasteiger partial charge on any atom is 0.155 e. The van der Waals surface area contributed by atoms with Gasteiger partial charge in [-0.2, -0.15) is 0 Å². The van der Waals surface area contributed by atoms with Crippen LogP contribution >= 0.6 is 0 Å². The first-order valence-electron chi connectivity index (χ1n) is 10.9. The average Bonchev–Trinajstić information content (AvgIpc) is 2.92. The van der Waals surface area contributed by atoms with E-state index in [1.54, 1.807) is 5.57 Å². The van der Waals surface area contributed by atoms with E-state index in [0.29, 0.717) is 16.6 Å². The van der Waals surface area contributed by atoms with Crippen LogP contribution in [0.5, 0.6) is 0 Å². The second kappa shape index (κ2) is 6.39. The van der Waals surface area contributed by atoms with Gasteiger partial charge < -0.3 is 0 Å². The monoisotopic (exact) mass is 340 g/mol. The Bertz CT molecular complexity index is 612. The Morgan fingerprint density at radius 1 is 1.04 bits per heavy atom. The summed E-state index contributed by atoms with van der Waals surface area (Å²) in [6.07, 6.45) is 18.6. The van der Waals surface area contributed by atoms with Gasteiger partial charge in [0.2, 0.25) is 0 Å². The molecule has 0 aromatic carbocycles. The van der Waals surface area contributed by atoms with E-state index in [1.165, 1.54) is 63.4 Å². The van der Waals surface area contributed by atoms with Crippen LogP contribution in [-0.4, -0.2) is 5.78 Å². The number of ketones is 1. The highest BCUT2D eigenvalue weighted by Crippen LogP contribution is 2.66.